The summed E-state index contributed by atoms with van der Waals surface area (Å²) in [5.41, 5.74) is 2.91. The Hall–Kier alpha value is -4.18. The molecular formula is C39H43N3O4Si. The molecule has 242 valence electrons. The summed E-state index contributed by atoms with van der Waals surface area (Å²) in [5.74, 6) is 0.570. The number of anilines is 1. The van der Waals surface area contributed by atoms with E-state index in [1.807, 2.05) is 72.8 Å². The zero-order chi connectivity index (χ0) is 32.9. The normalized spacial score (nSPS) is 19.9. The highest BCUT2D eigenvalue weighted by atomic mass is 28.4. The Labute approximate surface area is 278 Å². The molecule has 0 spiro atoms. The minimum absolute atomic E-state index is 0.128. The van der Waals surface area contributed by atoms with Crippen LogP contribution in [0.25, 0.3) is 0 Å². The van der Waals surface area contributed by atoms with Crippen LogP contribution in [-0.4, -0.2) is 53.4 Å². The van der Waals surface area contributed by atoms with Gasteiger partial charge in [0.05, 0.1) is 6.61 Å². The Morgan fingerprint density at radius 1 is 0.681 bits per heavy atom. The van der Waals surface area contributed by atoms with Gasteiger partial charge in [0, 0.05) is 31.0 Å². The fraction of sp³-hybridized carbons (Fsp3) is 0.282. The highest BCUT2D eigenvalue weighted by molar-refractivity contribution is 6.99. The van der Waals surface area contributed by atoms with Gasteiger partial charge in [0.25, 0.3) is 8.32 Å². The molecule has 2 heterocycles. The summed E-state index contributed by atoms with van der Waals surface area (Å²) in [6, 6.07) is 41.2. The van der Waals surface area contributed by atoms with Crippen molar-refractivity contribution in [2.75, 3.05) is 11.5 Å². The number of rotatable bonds is 11. The van der Waals surface area contributed by atoms with Gasteiger partial charge in [-0.2, -0.15) is 0 Å². The lowest BCUT2D eigenvalue weighted by atomic mass is 10.0. The SMILES string of the molecule is CC(C)(C)[Si](OC[C@H]1O[C@@H](c2cnc(N(Cc3ccccc3)Cc3ccccc3)nc2)[C@H](O)[C@@H]1O)(c1ccccc1)c1ccccc1. The number of benzene rings is 4. The van der Waals surface area contributed by atoms with E-state index in [1.165, 1.54) is 0 Å². The fourth-order valence-electron chi connectivity index (χ4n) is 6.58. The molecule has 5 aromatic rings. The Morgan fingerprint density at radius 3 is 1.57 bits per heavy atom. The molecule has 0 saturated carbocycles. The first kappa shape index (κ1) is 32.7. The summed E-state index contributed by atoms with van der Waals surface area (Å²) in [6.45, 7) is 8.03. The summed E-state index contributed by atoms with van der Waals surface area (Å²) in [5, 5.41) is 24.5. The predicted octanol–water partition coefficient (Wildman–Crippen LogP) is 5.42. The molecule has 0 aliphatic carbocycles. The van der Waals surface area contributed by atoms with Gasteiger partial charge >= 0.3 is 0 Å². The molecule has 1 aliphatic heterocycles. The van der Waals surface area contributed by atoms with Crippen molar-refractivity contribution in [1.29, 1.82) is 0 Å². The maximum Gasteiger partial charge on any atom is 0.261 e. The zero-order valence-corrected chi connectivity index (χ0v) is 28.2. The largest absolute Gasteiger partial charge is 0.405 e. The van der Waals surface area contributed by atoms with Crippen LogP contribution >= 0.6 is 0 Å². The number of nitrogens with zero attached hydrogens (tertiary/aromatic N) is 3. The number of ether oxygens (including phenoxy) is 1. The standard InChI is InChI=1S/C39H43N3O4Si/c1-39(2,3)47(32-20-12-6-13-21-32,33-22-14-7-15-23-33)45-28-34-35(43)36(44)37(46-34)31-24-40-38(41-25-31)42(26-29-16-8-4-9-17-29)27-30-18-10-5-11-19-30/h4-25,34-37,43-44H,26-28H2,1-3H3/t34-,35-,36-,37+/m1/s1. The van der Waals surface area contributed by atoms with Crippen molar-refractivity contribution in [1.82, 2.24) is 9.97 Å². The molecule has 1 saturated heterocycles. The average molecular weight is 646 g/mol. The molecule has 8 heteroatoms. The van der Waals surface area contributed by atoms with Gasteiger partial charge in [0.1, 0.15) is 24.4 Å². The summed E-state index contributed by atoms with van der Waals surface area (Å²) in [4.78, 5) is 11.6. The molecule has 4 aromatic carbocycles. The predicted molar refractivity (Wildman–Crippen MR) is 188 cm³/mol. The molecule has 47 heavy (non-hydrogen) atoms. The van der Waals surface area contributed by atoms with Gasteiger partial charge in [0.15, 0.2) is 0 Å². The monoisotopic (exact) mass is 645 g/mol. The van der Waals surface area contributed by atoms with Gasteiger partial charge in [-0.15, -0.1) is 0 Å². The second-order valence-corrected chi connectivity index (χ2v) is 17.5. The number of hydrogen-bond donors (Lipinski definition) is 2. The first-order chi connectivity index (χ1) is 22.8. The second-order valence-electron chi connectivity index (χ2n) is 13.2. The molecule has 1 aromatic heterocycles. The van der Waals surface area contributed by atoms with Gasteiger partial charge < -0.3 is 24.3 Å². The topological polar surface area (TPSA) is 87.9 Å². The summed E-state index contributed by atoms with van der Waals surface area (Å²) < 4.78 is 13.4. The van der Waals surface area contributed by atoms with E-state index in [-0.39, 0.29) is 11.6 Å². The van der Waals surface area contributed by atoms with Crippen molar-refractivity contribution in [2.24, 2.45) is 0 Å². The van der Waals surface area contributed by atoms with E-state index in [2.05, 4.69) is 74.2 Å². The highest BCUT2D eigenvalue weighted by Crippen LogP contribution is 2.39. The average Bonchev–Trinajstić information content (AvgIpc) is 3.38. The van der Waals surface area contributed by atoms with Crippen LogP contribution in [0.4, 0.5) is 5.95 Å². The van der Waals surface area contributed by atoms with Gasteiger partial charge in [-0.3, -0.25) is 0 Å². The number of hydrogen-bond acceptors (Lipinski definition) is 7. The summed E-state index contributed by atoms with van der Waals surface area (Å²) >= 11 is 0. The molecule has 1 aliphatic rings. The minimum atomic E-state index is -2.86. The van der Waals surface area contributed by atoms with E-state index in [1.54, 1.807) is 12.4 Å². The van der Waals surface area contributed by atoms with Crippen LogP contribution in [0.2, 0.25) is 5.04 Å². The van der Waals surface area contributed by atoms with Crippen LogP contribution in [0.1, 0.15) is 43.6 Å². The Morgan fingerprint density at radius 2 is 1.13 bits per heavy atom. The van der Waals surface area contributed by atoms with Crippen molar-refractivity contribution < 1.29 is 19.4 Å². The van der Waals surface area contributed by atoms with Crippen LogP contribution < -0.4 is 15.3 Å². The lowest BCUT2D eigenvalue weighted by Gasteiger charge is -2.43. The Bertz CT molecular complexity index is 1610. The smallest absolute Gasteiger partial charge is 0.261 e. The first-order valence-corrected chi connectivity index (χ1v) is 18.1. The van der Waals surface area contributed by atoms with E-state index < -0.39 is 32.7 Å². The highest BCUT2D eigenvalue weighted by Gasteiger charge is 2.52. The van der Waals surface area contributed by atoms with Gasteiger partial charge in [-0.05, 0) is 26.5 Å². The quantitative estimate of drug-likeness (QED) is 0.186. The molecule has 0 radical (unpaired) electrons. The van der Waals surface area contributed by atoms with Crippen molar-refractivity contribution in [3.8, 4) is 0 Å². The molecule has 0 amide bonds. The van der Waals surface area contributed by atoms with Gasteiger partial charge in [-0.25, -0.2) is 9.97 Å². The Kier molecular flexibility index (Phi) is 9.96. The molecule has 4 atom stereocenters. The van der Waals surface area contributed by atoms with E-state index in [9.17, 15) is 10.2 Å². The van der Waals surface area contributed by atoms with Crippen LogP contribution in [0.15, 0.2) is 134 Å². The molecule has 6 rings (SSSR count). The van der Waals surface area contributed by atoms with Crippen LogP contribution in [0, 0.1) is 0 Å². The molecule has 0 unspecified atom stereocenters. The van der Waals surface area contributed by atoms with E-state index in [0.29, 0.717) is 24.6 Å². The molecule has 7 nitrogen and oxygen atoms in total. The van der Waals surface area contributed by atoms with Gasteiger partial charge in [-0.1, -0.05) is 142 Å². The fourth-order valence-corrected chi connectivity index (χ4v) is 11.1. The Balaban J connectivity index is 1.22. The number of aliphatic hydroxyl groups is 2. The van der Waals surface area contributed by atoms with Crippen molar-refractivity contribution in [3.05, 3.63) is 150 Å². The zero-order valence-electron chi connectivity index (χ0n) is 27.2. The lowest BCUT2D eigenvalue weighted by molar-refractivity contribution is -0.0191. The summed E-state index contributed by atoms with van der Waals surface area (Å²) in [7, 11) is -2.86. The minimum Gasteiger partial charge on any atom is -0.405 e. The summed E-state index contributed by atoms with van der Waals surface area (Å²) in [6.07, 6.45) is -0.422. The molecular weight excluding hydrogens is 603 g/mol. The number of aromatic nitrogens is 2. The third-order valence-electron chi connectivity index (χ3n) is 8.95. The van der Waals surface area contributed by atoms with Crippen molar-refractivity contribution in [3.63, 3.8) is 0 Å². The number of aliphatic hydroxyl groups excluding tert-OH is 2. The molecule has 0 bridgehead atoms. The van der Waals surface area contributed by atoms with E-state index in [4.69, 9.17) is 19.1 Å². The lowest BCUT2D eigenvalue weighted by Crippen LogP contribution is -2.67. The maximum absolute atomic E-state index is 11.2. The third kappa shape index (κ3) is 7.07. The molecule has 1 fully saturated rings. The van der Waals surface area contributed by atoms with Crippen molar-refractivity contribution >= 4 is 24.6 Å². The molecule has 2 N–H and O–H groups in total. The van der Waals surface area contributed by atoms with E-state index >= 15 is 0 Å². The van der Waals surface area contributed by atoms with E-state index in [0.717, 1.165) is 21.5 Å². The van der Waals surface area contributed by atoms with Crippen molar-refractivity contribution in [2.45, 2.75) is 63.3 Å². The third-order valence-corrected chi connectivity index (χ3v) is 14.0. The van der Waals surface area contributed by atoms with Gasteiger partial charge in [0.2, 0.25) is 5.95 Å². The maximum atomic E-state index is 11.2. The first-order valence-electron chi connectivity index (χ1n) is 16.2. The second kappa shape index (κ2) is 14.3. The van der Waals surface area contributed by atoms with Crippen LogP contribution in [0.5, 0.6) is 0 Å². The van der Waals surface area contributed by atoms with Crippen LogP contribution in [-0.2, 0) is 22.3 Å². The van der Waals surface area contributed by atoms with Crippen LogP contribution in [0.3, 0.4) is 0 Å².